The summed E-state index contributed by atoms with van der Waals surface area (Å²) < 4.78 is -1.63. The number of nitrogens with zero attached hydrogens (tertiary/aromatic N) is 2. The van der Waals surface area contributed by atoms with Crippen molar-refractivity contribution in [2.45, 2.75) is 16.9 Å². The highest BCUT2D eigenvalue weighted by atomic mass is 35.6. The molecule has 7 heteroatoms. The zero-order valence-electron chi connectivity index (χ0n) is 15.0. The van der Waals surface area contributed by atoms with Crippen LogP contribution in [0.3, 0.4) is 0 Å². The van der Waals surface area contributed by atoms with Crippen molar-refractivity contribution >= 4 is 46.4 Å². The predicted octanol–water partition coefficient (Wildman–Crippen LogP) is 4.24. The van der Waals surface area contributed by atoms with Crippen molar-refractivity contribution < 1.29 is 4.79 Å². The first-order valence-electron chi connectivity index (χ1n) is 8.83. The minimum absolute atomic E-state index is 0.241. The molecular weight excluding hydrogens is 405 g/mol. The van der Waals surface area contributed by atoms with E-state index in [1.165, 1.54) is 5.69 Å². The summed E-state index contributed by atoms with van der Waals surface area (Å²) in [6.45, 7) is 4.84. The first-order chi connectivity index (χ1) is 12.9. The van der Waals surface area contributed by atoms with Gasteiger partial charge in [-0.25, -0.2) is 0 Å². The van der Waals surface area contributed by atoms with Crippen molar-refractivity contribution in [1.29, 1.82) is 0 Å². The van der Waals surface area contributed by atoms with Gasteiger partial charge >= 0.3 is 0 Å². The van der Waals surface area contributed by atoms with Gasteiger partial charge in [0.1, 0.15) is 6.17 Å². The zero-order chi connectivity index (χ0) is 19.4. The van der Waals surface area contributed by atoms with Gasteiger partial charge in [-0.05, 0) is 30.7 Å². The van der Waals surface area contributed by atoms with Gasteiger partial charge in [-0.2, -0.15) is 0 Å². The maximum Gasteiger partial charge on any atom is 0.252 e. The van der Waals surface area contributed by atoms with Crippen LogP contribution in [0.4, 0.5) is 5.69 Å². The average Bonchev–Trinajstić information content (AvgIpc) is 2.66. The molecule has 1 N–H and O–H groups in total. The topological polar surface area (TPSA) is 35.6 Å². The third-order valence-electron chi connectivity index (χ3n) is 4.77. The van der Waals surface area contributed by atoms with E-state index in [-0.39, 0.29) is 5.91 Å². The Morgan fingerprint density at radius 2 is 1.56 bits per heavy atom. The molecule has 0 unspecified atom stereocenters. The second-order valence-corrected chi connectivity index (χ2v) is 8.96. The van der Waals surface area contributed by atoms with E-state index in [0.717, 1.165) is 18.7 Å². The van der Waals surface area contributed by atoms with Gasteiger partial charge in [-0.15, -0.1) is 0 Å². The van der Waals surface area contributed by atoms with E-state index in [4.69, 9.17) is 34.8 Å². The fraction of sp³-hybridized carbons (Fsp3) is 0.350. The molecular formula is C20H22Cl3N3O. The quantitative estimate of drug-likeness (QED) is 0.743. The Kier molecular flexibility index (Phi) is 6.53. The van der Waals surface area contributed by atoms with E-state index in [1.807, 2.05) is 48.2 Å². The van der Waals surface area contributed by atoms with E-state index in [2.05, 4.69) is 22.3 Å². The molecule has 1 amide bonds. The number of alkyl halides is 3. The van der Waals surface area contributed by atoms with E-state index < -0.39 is 9.96 Å². The largest absolute Gasteiger partial charge is 0.369 e. The number of halogens is 3. The van der Waals surface area contributed by atoms with Crippen molar-refractivity contribution in [2.24, 2.45) is 0 Å². The van der Waals surface area contributed by atoms with Crippen molar-refractivity contribution in [3.8, 4) is 0 Å². The lowest BCUT2D eigenvalue weighted by molar-refractivity contribution is 0.0840. The van der Waals surface area contributed by atoms with Gasteiger partial charge in [0.15, 0.2) is 0 Å². The van der Waals surface area contributed by atoms with Gasteiger partial charge in [0, 0.05) is 37.4 Å². The molecule has 1 aliphatic heterocycles. The molecule has 4 nitrogen and oxygen atoms in total. The van der Waals surface area contributed by atoms with Gasteiger partial charge < -0.3 is 10.2 Å². The van der Waals surface area contributed by atoms with Crippen LogP contribution < -0.4 is 10.2 Å². The fourth-order valence-electron chi connectivity index (χ4n) is 3.29. The SMILES string of the molecule is Cc1ccccc1C(=O)N[C@H](N1CCN(c2ccccc2)CC1)C(Cl)(Cl)Cl. The molecule has 0 aliphatic carbocycles. The summed E-state index contributed by atoms with van der Waals surface area (Å²) in [5, 5.41) is 2.91. The number of hydrogen-bond donors (Lipinski definition) is 1. The fourth-order valence-corrected chi connectivity index (χ4v) is 3.86. The number of carbonyl (C=O) groups excluding carboxylic acids is 1. The third kappa shape index (κ3) is 5.08. The Morgan fingerprint density at radius 3 is 2.15 bits per heavy atom. The molecule has 1 atom stereocenters. The van der Waals surface area contributed by atoms with Crippen molar-refractivity contribution in [3.63, 3.8) is 0 Å². The molecule has 0 aromatic heterocycles. The first kappa shape index (κ1) is 20.3. The molecule has 0 bridgehead atoms. The van der Waals surface area contributed by atoms with Gasteiger partial charge in [0.05, 0.1) is 0 Å². The smallest absolute Gasteiger partial charge is 0.252 e. The number of hydrogen-bond acceptors (Lipinski definition) is 3. The molecule has 1 saturated heterocycles. The third-order valence-corrected chi connectivity index (χ3v) is 5.39. The molecule has 0 spiro atoms. The lowest BCUT2D eigenvalue weighted by Gasteiger charge is -2.42. The molecule has 1 fully saturated rings. The number of para-hydroxylation sites is 1. The van der Waals surface area contributed by atoms with Gasteiger partial charge in [-0.1, -0.05) is 71.2 Å². The lowest BCUT2D eigenvalue weighted by atomic mass is 10.1. The Labute approximate surface area is 175 Å². The van der Waals surface area contributed by atoms with Crippen LogP contribution in [0.25, 0.3) is 0 Å². The monoisotopic (exact) mass is 425 g/mol. The highest BCUT2D eigenvalue weighted by molar-refractivity contribution is 6.68. The Balaban J connectivity index is 1.69. The Hall–Kier alpha value is -1.46. The number of benzene rings is 2. The summed E-state index contributed by atoms with van der Waals surface area (Å²) >= 11 is 18.7. The molecule has 1 heterocycles. The zero-order valence-corrected chi connectivity index (χ0v) is 17.3. The number of carbonyl (C=O) groups is 1. The highest BCUT2D eigenvalue weighted by Crippen LogP contribution is 2.33. The molecule has 144 valence electrons. The first-order valence-corrected chi connectivity index (χ1v) is 9.97. The van der Waals surface area contributed by atoms with Gasteiger partial charge in [0.25, 0.3) is 5.91 Å². The normalized spacial score (nSPS) is 16.8. The van der Waals surface area contributed by atoms with Crippen LogP contribution in [-0.2, 0) is 0 Å². The second-order valence-electron chi connectivity index (χ2n) is 6.59. The standard InChI is InChI=1S/C20H22Cl3N3O/c1-15-7-5-6-10-17(15)18(27)24-19(20(21,22)23)26-13-11-25(12-14-26)16-8-3-2-4-9-16/h2-10,19H,11-14H2,1H3,(H,24,27)/t19-/m1/s1. The molecule has 0 saturated carbocycles. The number of aryl methyl sites for hydroxylation is 1. The molecule has 1 aliphatic rings. The summed E-state index contributed by atoms with van der Waals surface area (Å²) in [5.41, 5.74) is 2.64. The minimum atomic E-state index is -1.63. The lowest BCUT2D eigenvalue weighted by Crippen LogP contribution is -2.60. The van der Waals surface area contributed by atoms with Crippen LogP contribution >= 0.6 is 34.8 Å². The number of anilines is 1. The van der Waals surface area contributed by atoms with Crippen molar-refractivity contribution in [1.82, 2.24) is 10.2 Å². The predicted molar refractivity (Wildman–Crippen MR) is 113 cm³/mol. The summed E-state index contributed by atoms with van der Waals surface area (Å²) in [6.07, 6.45) is -0.701. The molecule has 2 aromatic rings. The van der Waals surface area contributed by atoms with Crippen molar-refractivity contribution in [3.05, 3.63) is 65.7 Å². The Morgan fingerprint density at radius 1 is 0.963 bits per heavy atom. The molecule has 2 aromatic carbocycles. The van der Waals surface area contributed by atoms with Crippen LogP contribution in [0.15, 0.2) is 54.6 Å². The second kappa shape index (κ2) is 8.70. The van der Waals surface area contributed by atoms with Crippen LogP contribution in [0.1, 0.15) is 15.9 Å². The minimum Gasteiger partial charge on any atom is -0.369 e. The van der Waals surface area contributed by atoms with E-state index in [0.29, 0.717) is 18.7 Å². The number of nitrogens with one attached hydrogen (secondary N) is 1. The van der Waals surface area contributed by atoms with Crippen LogP contribution in [0.2, 0.25) is 0 Å². The van der Waals surface area contributed by atoms with E-state index in [1.54, 1.807) is 6.07 Å². The molecule has 27 heavy (non-hydrogen) atoms. The average molecular weight is 427 g/mol. The Bertz CT molecular complexity index is 772. The van der Waals surface area contributed by atoms with Gasteiger partial charge in [0.2, 0.25) is 3.79 Å². The van der Waals surface area contributed by atoms with Crippen LogP contribution in [-0.4, -0.2) is 46.9 Å². The number of amides is 1. The summed E-state index contributed by atoms with van der Waals surface area (Å²) in [7, 11) is 0. The van der Waals surface area contributed by atoms with E-state index in [9.17, 15) is 4.79 Å². The van der Waals surface area contributed by atoms with Crippen molar-refractivity contribution in [2.75, 3.05) is 31.1 Å². The summed E-state index contributed by atoms with van der Waals surface area (Å²) in [4.78, 5) is 17.0. The van der Waals surface area contributed by atoms with Crippen LogP contribution in [0, 0.1) is 6.92 Å². The molecule has 0 radical (unpaired) electrons. The van der Waals surface area contributed by atoms with E-state index >= 15 is 0 Å². The number of piperazine rings is 1. The van der Waals surface area contributed by atoms with Crippen LogP contribution in [0.5, 0.6) is 0 Å². The highest BCUT2D eigenvalue weighted by Gasteiger charge is 2.39. The maximum atomic E-state index is 12.7. The summed E-state index contributed by atoms with van der Waals surface area (Å²) in [5.74, 6) is -0.241. The summed E-state index contributed by atoms with van der Waals surface area (Å²) in [6, 6.07) is 17.6. The number of rotatable bonds is 4. The van der Waals surface area contributed by atoms with Gasteiger partial charge in [-0.3, -0.25) is 9.69 Å². The maximum absolute atomic E-state index is 12.7. The molecule has 3 rings (SSSR count).